The van der Waals surface area contributed by atoms with Crippen LogP contribution in [0.1, 0.15) is 22.7 Å². The standard InChI is InChI=1S/C21H18N6S/c1-2-5-15(6-3-1)21-27-26-18(28-21)13-23-20-16-7-4-8-17(16)24-19(25-20)14-9-11-22-12-10-14/h1-3,5-6,9-12H,4,7-8,13H2,(H,23,24,25). The molecule has 0 saturated heterocycles. The Morgan fingerprint density at radius 1 is 0.893 bits per heavy atom. The molecule has 6 nitrogen and oxygen atoms in total. The van der Waals surface area contributed by atoms with E-state index >= 15 is 0 Å². The fraction of sp³-hybridized carbons (Fsp3) is 0.190. The van der Waals surface area contributed by atoms with Crippen molar-refractivity contribution in [3.05, 3.63) is 71.1 Å². The van der Waals surface area contributed by atoms with Crippen molar-refractivity contribution in [1.82, 2.24) is 25.1 Å². The molecule has 138 valence electrons. The van der Waals surface area contributed by atoms with Crippen molar-refractivity contribution in [2.45, 2.75) is 25.8 Å². The maximum atomic E-state index is 4.80. The number of aromatic nitrogens is 5. The van der Waals surface area contributed by atoms with Crippen LogP contribution in [-0.4, -0.2) is 25.1 Å². The summed E-state index contributed by atoms with van der Waals surface area (Å²) in [4.78, 5) is 13.7. The summed E-state index contributed by atoms with van der Waals surface area (Å²) in [6.45, 7) is 0.601. The predicted molar refractivity (Wildman–Crippen MR) is 110 cm³/mol. The average molecular weight is 386 g/mol. The molecule has 0 spiro atoms. The molecule has 3 aromatic heterocycles. The number of nitrogens with zero attached hydrogens (tertiary/aromatic N) is 5. The molecule has 0 fully saturated rings. The van der Waals surface area contributed by atoms with Crippen LogP contribution >= 0.6 is 11.3 Å². The van der Waals surface area contributed by atoms with Gasteiger partial charge >= 0.3 is 0 Å². The Bertz CT molecular complexity index is 1090. The average Bonchev–Trinajstić information content (AvgIpc) is 3.43. The van der Waals surface area contributed by atoms with Gasteiger partial charge in [-0.1, -0.05) is 41.7 Å². The Kier molecular flexibility index (Phi) is 4.50. The summed E-state index contributed by atoms with van der Waals surface area (Å²) in [6.07, 6.45) is 6.67. The fourth-order valence-electron chi connectivity index (χ4n) is 3.39. The molecule has 1 N–H and O–H groups in total. The normalized spacial score (nSPS) is 12.7. The third-order valence-corrected chi connectivity index (χ3v) is 5.74. The molecule has 1 aliphatic rings. The highest BCUT2D eigenvalue weighted by molar-refractivity contribution is 7.14. The van der Waals surface area contributed by atoms with Gasteiger partial charge in [0.05, 0.1) is 6.54 Å². The van der Waals surface area contributed by atoms with Crippen molar-refractivity contribution in [2.24, 2.45) is 0 Å². The van der Waals surface area contributed by atoms with E-state index in [1.54, 1.807) is 23.7 Å². The van der Waals surface area contributed by atoms with Crippen molar-refractivity contribution >= 4 is 17.2 Å². The lowest BCUT2D eigenvalue weighted by Crippen LogP contribution is -2.07. The van der Waals surface area contributed by atoms with Crippen molar-refractivity contribution in [3.63, 3.8) is 0 Å². The van der Waals surface area contributed by atoms with E-state index in [-0.39, 0.29) is 0 Å². The van der Waals surface area contributed by atoms with Gasteiger partial charge in [0.15, 0.2) is 5.82 Å². The number of pyridine rings is 1. The SMILES string of the molecule is c1ccc(-c2nnc(CNc3nc(-c4ccncc4)nc4c3CCC4)s2)cc1. The highest BCUT2D eigenvalue weighted by atomic mass is 32.1. The molecule has 28 heavy (non-hydrogen) atoms. The number of fused-ring (bicyclic) bond motifs is 1. The minimum atomic E-state index is 0.601. The lowest BCUT2D eigenvalue weighted by Gasteiger charge is -2.11. The summed E-state index contributed by atoms with van der Waals surface area (Å²) >= 11 is 1.60. The highest BCUT2D eigenvalue weighted by Crippen LogP contribution is 2.30. The molecule has 4 aromatic rings. The smallest absolute Gasteiger partial charge is 0.161 e. The van der Waals surface area contributed by atoms with Crippen molar-refractivity contribution < 1.29 is 0 Å². The van der Waals surface area contributed by atoms with Crippen LogP contribution in [0.15, 0.2) is 54.9 Å². The van der Waals surface area contributed by atoms with Crippen LogP contribution in [-0.2, 0) is 19.4 Å². The molecule has 1 aliphatic carbocycles. The van der Waals surface area contributed by atoms with Crippen LogP contribution < -0.4 is 5.32 Å². The monoisotopic (exact) mass is 386 g/mol. The molecule has 0 saturated carbocycles. The Labute approximate surface area is 166 Å². The van der Waals surface area contributed by atoms with Crippen LogP contribution in [0.4, 0.5) is 5.82 Å². The van der Waals surface area contributed by atoms with Gasteiger partial charge < -0.3 is 5.32 Å². The minimum absolute atomic E-state index is 0.601. The fourth-order valence-corrected chi connectivity index (χ4v) is 4.18. The summed E-state index contributed by atoms with van der Waals surface area (Å²) in [5.74, 6) is 1.65. The summed E-state index contributed by atoms with van der Waals surface area (Å²) in [7, 11) is 0. The lowest BCUT2D eigenvalue weighted by atomic mass is 10.2. The molecule has 0 atom stereocenters. The molecule has 7 heteroatoms. The molecule has 5 rings (SSSR count). The summed E-state index contributed by atoms with van der Waals surface area (Å²) in [5, 5.41) is 14.0. The quantitative estimate of drug-likeness (QED) is 0.555. The first-order valence-electron chi connectivity index (χ1n) is 9.29. The first-order chi connectivity index (χ1) is 13.9. The molecule has 1 aromatic carbocycles. The summed E-state index contributed by atoms with van der Waals surface area (Å²) in [5.41, 5.74) is 4.45. The summed E-state index contributed by atoms with van der Waals surface area (Å²) in [6, 6.07) is 14.0. The van der Waals surface area contributed by atoms with Gasteiger partial charge in [0, 0.05) is 34.8 Å². The number of hydrogen-bond acceptors (Lipinski definition) is 7. The van der Waals surface area contributed by atoms with E-state index in [0.717, 1.165) is 57.7 Å². The topological polar surface area (TPSA) is 76.5 Å². The zero-order valence-electron chi connectivity index (χ0n) is 15.2. The number of anilines is 1. The number of aryl methyl sites for hydroxylation is 1. The second kappa shape index (κ2) is 7.44. The Morgan fingerprint density at radius 3 is 2.61 bits per heavy atom. The molecular formula is C21H18N6S. The molecule has 0 amide bonds. The Hall–Kier alpha value is -3.19. The zero-order valence-corrected chi connectivity index (χ0v) is 16.0. The van der Waals surface area contributed by atoms with Crippen molar-refractivity contribution in [2.75, 3.05) is 5.32 Å². The van der Waals surface area contributed by atoms with Gasteiger partial charge in [0.25, 0.3) is 0 Å². The first kappa shape index (κ1) is 16.9. The third kappa shape index (κ3) is 3.36. The van der Waals surface area contributed by atoms with E-state index in [0.29, 0.717) is 6.54 Å². The van der Waals surface area contributed by atoms with Gasteiger partial charge in [-0.3, -0.25) is 4.98 Å². The van der Waals surface area contributed by atoms with E-state index in [1.165, 1.54) is 5.56 Å². The number of nitrogens with one attached hydrogen (secondary N) is 1. The van der Waals surface area contributed by atoms with Crippen molar-refractivity contribution in [3.8, 4) is 22.0 Å². The van der Waals surface area contributed by atoms with Crippen LogP contribution in [0, 0.1) is 0 Å². The first-order valence-corrected chi connectivity index (χ1v) is 10.1. The lowest BCUT2D eigenvalue weighted by molar-refractivity contribution is 0.899. The maximum absolute atomic E-state index is 4.80. The van der Waals surface area contributed by atoms with Crippen LogP contribution in [0.5, 0.6) is 0 Å². The van der Waals surface area contributed by atoms with E-state index in [1.807, 2.05) is 30.3 Å². The summed E-state index contributed by atoms with van der Waals surface area (Å²) < 4.78 is 0. The predicted octanol–water partition coefficient (Wildman–Crippen LogP) is 4.16. The van der Waals surface area contributed by atoms with Crippen LogP contribution in [0.25, 0.3) is 22.0 Å². The molecule has 0 unspecified atom stereocenters. The van der Waals surface area contributed by atoms with Crippen molar-refractivity contribution in [1.29, 1.82) is 0 Å². The number of benzene rings is 1. The minimum Gasteiger partial charge on any atom is -0.363 e. The van der Waals surface area contributed by atoms with Gasteiger partial charge in [-0.25, -0.2) is 9.97 Å². The van der Waals surface area contributed by atoms with Gasteiger partial charge in [-0.15, -0.1) is 10.2 Å². The van der Waals surface area contributed by atoms with E-state index < -0.39 is 0 Å². The maximum Gasteiger partial charge on any atom is 0.161 e. The number of rotatable bonds is 5. The van der Waals surface area contributed by atoms with Gasteiger partial charge in [-0.2, -0.15) is 0 Å². The van der Waals surface area contributed by atoms with E-state index in [4.69, 9.17) is 9.97 Å². The van der Waals surface area contributed by atoms with Gasteiger partial charge in [0.1, 0.15) is 15.8 Å². The number of hydrogen-bond donors (Lipinski definition) is 1. The zero-order chi connectivity index (χ0) is 18.8. The van der Waals surface area contributed by atoms with Gasteiger partial charge in [-0.05, 0) is 31.4 Å². The van der Waals surface area contributed by atoms with E-state index in [2.05, 4.69) is 32.6 Å². The van der Waals surface area contributed by atoms with Crippen LogP contribution in [0.3, 0.4) is 0 Å². The molecule has 0 aliphatic heterocycles. The van der Waals surface area contributed by atoms with Gasteiger partial charge in [0.2, 0.25) is 0 Å². The van der Waals surface area contributed by atoms with Crippen LogP contribution in [0.2, 0.25) is 0 Å². The second-order valence-electron chi connectivity index (χ2n) is 6.63. The molecule has 0 radical (unpaired) electrons. The van der Waals surface area contributed by atoms with E-state index in [9.17, 15) is 0 Å². The second-order valence-corrected chi connectivity index (χ2v) is 7.69. The molecular weight excluding hydrogens is 368 g/mol. The Balaban J connectivity index is 1.40. The third-order valence-electron chi connectivity index (χ3n) is 4.77. The largest absolute Gasteiger partial charge is 0.363 e. The highest BCUT2D eigenvalue weighted by Gasteiger charge is 2.20. The molecule has 0 bridgehead atoms. The Morgan fingerprint density at radius 2 is 1.75 bits per heavy atom. The molecule has 3 heterocycles.